The fourth-order valence-corrected chi connectivity index (χ4v) is 15.3. The fourth-order valence-electron chi connectivity index (χ4n) is 15.3. The van der Waals surface area contributed by atoms with E-state index in [1.165, 1.54) is 6.92 Å². The first-order valence-electron chi connectivity index (χ1n) is 24.5. The van der Waals surface area contributed by atoms with E-state index in [0.717, 1.165) is 12.0 Å². The predicted molar refractivity (Wildman–Crippen MR) is 231 cm³/mol. The summed E-state index contributed by atoms with van der Waals surface area (Å²) < 4.78 is 34.5. The van der Waals surface area contributed by atoms with Crippen LogP contribution in [0.3, 0.4) is 0 Å². The van der Waals surface area contributed by atoms with E-state index in [1.807, 2.05) is 13.8 Å². The number of hydrogen-bond acceptors (Lipinski definition) is 19. The Balaban J connectivity index is 0.987. The number of allylic oxidation sites excluding steroid dienone is 2. The second-order valence-corrected chi connectivity index (χ2v) is 23.3. The van der Waals surface area contributed by atoms with Crippen LogP contribution in [0.25, 0.3) is 0 Å². The van der Waals surface area contributed by atoms with Crippen molar-refractivity contribution in [1.82, 2.24) is 0 Å². The molecular formula is C48H78O19. The molecule has 67 heavy (non-hydrogen) atoms. The largest absolute Gasteiger partial charge is 0.432 e. The lowest BCUT2D eigenvalue weighted by Gasteiger charge is -2.72. The van der Waals surface area contributed by atoms with Crippen molar-refractivity contribution in [3.63, 3.8) is 0 Å². The zero-order valence-electron chi connectivity index (χ0n) is 39.9. The van der Waals surface area contributed by atoms with Gasteiger partial charge in [-0.3, -0.25) is 4.79 Å². The van der Waals surface area contributed by atoms with E-state index in [-0.39, 0.29) is 29.6 Å². The highest BCUT2D eigenvalue weighted by molar-refractivity contribution is 5.79. The third-order valence-electron chi connectivity index (χ3n) is 19.4. The number of carbonyl (C=O) groups excluding carboxylic acids is 1. The number of esters is 1. The van der Waals surface area contributed by atoms with Gasteiger partial charge in [0.05, 0.1) is 43.0 Å². The van der Waals surface area contributed by atoms with Gasteiger partial charge >= 0.3 is 5.97 Å². The van der Waals surface area contributed by atoms with Crippen LogP contribution < -0.4 is 0 Å². The molecule has 12 N–H and O–H groups in total. The Morgan fingerprint density at radius 2 is 1.18 bits per heavy atom. The molecule has 0 aromatic heterocycles. The standard InChI is InChI=1S/C48H78O19/c1-19-11-12-48(14-13-46(7)22(28(48)20(19)2)9-10-27-45(6)15-24(50)39(60)44(4,5)38(45)23(49)16-47(27,46)8)43(61)67-42-37(59)34(56)31(53)26(66-42)18-63-41-36(58)33(55)30(52)25(65-41)17-62-40-35(57)32(54)29(51)21(3)64-40/h9,19-21,23-42,49-60H,10-18H2,1-8H3. The Bertz CT molecular complexity index is 1840. The van der Waals surface area contributed by atoms with Gasteiger partial charge in [0, 0.05) is 0 Å². The minimum Gasteiger partial charge on any atom is -0.432 e. The van der Waals surface area contributed by atoms with E-state index in [9.17, 15) is 61.3 Å². The molecule has 3 saturated heterocycles. The maximum absolute atomic E-state index is 15.0. The maximum Gasteiger partial charge on any atom is 0.315 e. The van der Waals surface area contributed by atoms with Gasteiger partial charge in [-0.05, 0) is 103 Å². The second-order valence-electron chi connectivity index (χ2n) is 23.3. The van der Waals surface area contributed by atoms with Gasteiger partial charge in [0.25, 0.3) is 0 Å². The number of aliphatic hydroxyl groups excluding tert-OH is 12. The third-order valence-corrected chi connectivity index (χ3v) is 19.4. The van der Waals surface area contributed by atoms with Crippen molar-refractivity contribution < 1.29 is 94.5 Å². The summed E-state index contributed by atoms with van der Waals surface area (Å²) in [6, 6.07) is 0. The average molecular weight is 959 g/mol. The summed E-state index contributed by atoms with van der Waals surface area (Å²) in [6.07, 6.45) is -20.9. The Morgan fingerprint density at radius 3 is 1.78 bits per heavy atom. The quantitative estimate of drug-likeness (QED) is 0.102. The minimum atomic E-state index is -1.87. The van der Waals surface area contributed by atoms with Gasteiger partial charge in [-0.2, -0.15) is 0 Å². The summed E-state index contributed by atoms with van der Waals surface area (Å²) in [5.74, 6) is -0.831. The summed E-state index contributed by atoms with van der Waals surface area (Å²) in [6.45, 7) is 15.2. The first kappa shape index (κ1) is 51.9. The Kier molecular flexibility index (Phi) is 14.1. The van der Waals surface area contributed by atoms with Crippen molar-refractivity contribution >= 4 is 5.97 Å². The molecule has 19 nitrogen and oxygen atoms in total. The molecule has 384 valence electrons. The van der Waals surface area contributed by atoms with Crippen LogP contribution in [-0.4, -0.2) is 191 Å². The summed E-state index contributed by atoms with van der Waals surface area (Å²) in [5, 5.41) is 131. The molecule has 3 aliphatic heterocycles. The monoisotopic (exact) mass is 959 g/mol. The molecule has 27 atom stereocenters. The van der Waals surface area contributed by atoms with Gasteiger partial charge in [-0.25, -0.2) is 0 Å². The lowest BCUT2D eigenvalue weighted by atomic mass is 9.32. The number of aliphatic hydroxyl groups is 12. The van der Waals surface area contributed by atoms with E-state index < -0.39 is 157 Å². The summed E-state index contributed by atoms with van der Waals surface area (Å²) in [7, 11) is 0. The molecule has 5 aliphatic carbocycles. The van der Waals surface area contributed by atoms with Gasteiger partial charge in [0.1, 0.15) is 67.1 Å². The molecule has 3 heterocycles. The number of carbonyl (C=O) groups is 1. The highest BCUT2D eigenvalue weighted by atomic mass is 16.7. The number of ether oxygens (including phenoxy) is 6. The van der Waals surface area contributed by atoms with Gasteiger partial charge in [0.15, 0.2) is 12.6 Å². The SMILES string of the molecule is CC1CCC2(C(=O)OC3OC(COC4OC(COC5OC(C)C(O)C(O)C5O)C(O)C(O)C4O)C(O)C(O)C3O)CCC3(C)C(=CCC4C5(C)CC(O)C(O)C(C)(C)C5C(O)CC43C)C2C1C. The van der Waals surface area contributed by atoms with Crippen molar-refractivity contribution in [3.05, 3.63) is 11.6 Å². The van der Waals surface area contributed by atoms with Gasteiger partial charge in [-0.1, -0.05) is 60.1 Å². The van der Waals surface area contributed by atoms with Crippen LogP contribution in [0.1, 0.15) is 100 Å². The minimum absolute atomic E-state index is 0.0221. The van der Waals surface area contributed by atoms with Gasteiger partial charge in [0.2, 0.25) is 6.29 Å². The van der Waals surface area contributed by atoms with Crippen molar-refractivity contribution in [2.45, 2.75) is 211 Å². The van der Waals surface area contributed by atoms with Gasteiger partial charge in [-0.15, -0.1) is 0 Å². The van der Waals surface area contributed by atoms with Crippen LogP contribution in [0.5, 0.6) is 0 Å². The molecule has 7 fully saturated rings. The van der Waals surface area contributed by atoms with E-state index >= 15 is 4.79 Å². The van der Waals surface area contributed by atoms with Crippen LogP contribution in [0.15, 0.2) is 11.6 Å². The Morgan fingerprint density at radius 1 is 0.642 bits per heavy atom. The summed E-state index contributed by atoms with van der Waals surface area (Å²) >= 11 is 0. The lowest BCUT2D eigenvalue weighted by molar-refractivity contribution is -0.339. The van der Waals surface area contributed by atoms with Crippen LogP contribution in [-0.2, 0) is 33.2 Å². The first-order valence-corrected chi connectivity index (χ1v) is 24.5. The van der Waals surface area contributed by atoms with Crippen molar-refractivity contribution in [3.8, 4) is 0 Å². The van der Waals surface area contributed by atoms with E-state index in [0.29, 0.717) is 38.5 Å². The number of fused-ring (bicyclic) bond motifs is 7. The van der Waals surface area contributed by atoms with Crippen molar-refractivity contribution in [2.75, 3.05) is 13.2 Å². The second kappa shape index (κ2) is 18.2. The van der Waals surface area contributed by atoms with Crippen molar-refractivity contribution in [1.29, 1.82) is 0 Å². The topological polar surface area (TPSA) is 315 Å². The van der Waals surface area contributed by atoms with E-state index in [4.69, 9.17) is 28.4 Å². The summed E-state index contributed by atoms with van der Waals surface area (Å²) in [5.41, 5.74) is -2.05. The molecule has 19 heteroatoms. The highest BCUT2D eigenvalue weighted by Gasteiger charge is 2.72. The molecular weight excluding hydrogens is 881 g/mol. The number of rotatable bonds is 8. The van der Waals surface area contributed by atoms with E-state index in [1.54, 1.807) is 0 Å². The zero-order chi connectivity index (χ0) is 49.2. The van der Waals surface area contributed by atoms with Crippen LogP contribution in [0.2, 0.25) is 0 Å². The summed E-state index contributed by atoms with van der Waals surface area (Å²) in [4.78, 5) is 15.0. The Labute approximate surface area is 392 Å². The van der Waals surface area contributed by atoms with Crippen LogP contribution in [0, 0.1) is 56.7 Å². The van der Waals surface area contributed by atoms with Crippen molar-refractivity contribution in [2.24, 2.45) is 56.7 Å². The Hall–Kier alpha value is -1.47. The molecule has 0 spiro atoms. The third kappa shape index (κ3) is 8.01. The highest BCUT2D eigenvalue weighted by Crippen LogP contribution is 2.76. The molecule has 4 saturated carbocycles. The van der Waals surface area contributed by atoms with E-state index in [2.05, 4.69) is 40.7 Å². The smallest absolute Gasteiger partial charge is 0.315 e. The fraction of sp³-hybridized carbons (Fsp3) is 0.938. The normalized spacial score (nSPS) is 56.4. The van der Waals surface area contributed by atoms with Crippen LogP contribution >= 0.6 is 0 Å². The van der Waals surface area contributed by atoms with Crippen LogP contribution in [0.4, 0.5) is 0 Å². The molecule has 0 radical (unpaired) electrons. The van der Waals surface area contributed by atoms with Gasteiger partial charge < -0.3 is 89.7 Å². The predicted octanol–water partition coefficient (Wildman–Crippen LogP) is -1.03. The molecule has 0 aromatic rings. The molecule has 8 rings (SSSR count). The molecule has 27 unspecified atom stereocenters. The lowest BCUT2D eigenvalue weighted by Crippen LogP contribution is -2.70. The zero-order valence-corrected chi connectivity index (χ0v) is 39.9. The molecule has 8 aliphatic rings. The molecule has 0 aromatic carbocycles. The molecule has 0 amide bonds. The number of hydrogen-bond donors (Lipinski definition) is 12. The molecule has 0 bridgehead atoms. The maximum atomic E-state index is 15.0. The first-order chi connectivity index (χ1) is 31.2. The average Bonchev–Trinajstić information content (AvgIpc) is 3.26.